The van der Waals surface area contributed by atoms with E-state index >= 15 is 0 Å². The summed E-state index contributed by atoms with van der Waals surface area (Å²) in [6.45, 7) is 10.5. The molecule has 233 valence electrons. The molecule has 4 heterocycles. The Morgan fingerprint density at radius 3 is 2.26 bits per heavy atom. The Bertz CT molecular complexity index is 2340. The van der Waals surface area contributed by atoms with Crippen LogP contribution in [-0.2, 0) is 20.1 Å². The van der Waals surface area contributed by atoms with E-state index in [9.17, 15) is 0 Å². The van der Waals surface area contributed by atoms with Crippen molar-refractivity contribution in [2.24, 2.45) is 0 Å². The van der Waals surface area contributed by atoms with Crippen molar-refractivity contribution in [2.45, 2.75) is 34.6 Å². The standard InChI is InChI=1S/C27H17N2O.C15H16N.Ir/c1-17-4-5-19-14-20(7-6-18(19)13-17)21-8-11-28-25(16-21)24-15-22-9-12-30-27(22)26-23(24)3-2-10-29-26;1-10-5-6-14(7-11(10)2)15-8-12(3)13(4)9-16-15;/h2-14,16H,1H3;5,7-9H,1-4H3;/q2*-1;. The first-order valence-electron chi connectivity index (χ1n) is 15.4. The average molecular weight is 788 g/mol. The van der Waals surface area contributed by atoms with Gasteiger partial charge in [0.25, 0.3) is 0 Å². The molecule has 0 saturated heterocycles. The molecular weight excluding hydrogens is 755 g/mol. The fourth-order valence-electron chi connectivity index (χ4n) is 5.67. The first kappa shape index (κ1) is 32.0. The first-order valence-corrected chi connectivity index (χ1v) is 15.4. The van der Waals surface area contributed by atoms with Crippen LogP contribution in [0.4, 0.5) is 0 Å². The van der Waals surface area contributed by atoms with E-state index in [1.165, 1.54) is 44.2 Å². The second kappa shape index (κ2) is 13.4. The number of furan rings is 1. The molecule has 0 spiro atoms. The molecule has 5 heteroatoms. The molecule has 0 aliphatic carbocycles. The number of hydrogen-bond acceptors (Lipinski definition) is 4. The molecule has 0 N–H and O–H groups in total. The first-order chi connectivity index (χ1) is 22.3. The second-order valence-corrected chi connectivity index (χ2v) is 11.9. The van der Waals surface area contributed by atoms with Crippen LogP contribution in [0.5, 0.6) is 0 Å². The van der Waals surface area contributed by atoms with Gasteiger partial charge in [-0.2, -0.15) is 0 Å². The van der Waals surface area contributed by atoms with Crippen LogP contribution in [0, 0.1) is 46.8 Å². The zero-order chi connectivity index (χ0) is 31.8. The molecule has 0 atom stereocenters. The molecule has 4 nitrogen and oxygen atoms in total. The molecule has 0 fully saturated rings. The minimum atomic E-state index is 0. The largest absolute Gasteiger partial charge is 0.506 e. The zero-order valence-corrected chi connectivity index (χ0v) is 29.4. The molecule has 0 aliphatic heterocycles. The van der Waals surface area contributed by atoms with Crippen molar-refractivity contribution in [3.63, 3.8) is 0 Å². The van der Waals surface area contributed by atoms with Crippen LogP contribution in [0.2, 0.25) is 0 Å². The molecule has 0 unspecified atom stereocenters. The van der Waals surface area contributed by atoms with Gasteiger partial charge in [-0.25, -0.2) is 0 Å². The second-order valence-electron chi connectivity index (χ2n) is 11.9. The predicted molar refractivity (Wildman–Crippen MR) is 189 cm³/mol. The summed E-state index contributed by atoms with van der Waals surface area (Å²) in [6.07, 6.45) is 7.25. The minimum Gasteiger partial charge on any atom is -0.506 e. The van der Waals surface area contributed by atoms with E-state index in [2.05, 4.69) is 122 Å². The van der Waals surface area contributed by atoms with E-state index in [1.54, 1.807) is 12.5 Å². The van der Waals surface area contributed by atoms with Gasteiger partial charge in [-0.1, -0.05) is 102 Å². The van der Waals surface area contributed by atoms with Gasteiger partial charge in [0.05, 0.1) is 5.58 Å². The van der Waals surface area contributed by atoms with Crippen molar-refractivity contribution >= 4 is 32.6 Å². The van der Waals surface area contributed by atoms with Crippen LogP contribution >= 0.6 is 0 Å². The Kier molecular flexibility index (Phi) is 9.13. The van der Waals surface area contributed by atoms with E-state index in [0.717, 1.165) is 50.0 Å². The summed E-state index contributed by atoms with van der Waals surface area (Å²) in [7, 11) is 0. The minimum absolute atomic E-state index is 0. The maximum atomic E-state index is 5.65. The van der Waals surface area contributed by atoms with Crippen molar-refractivity contribution in [3.05, 3.63) is 150 Å². The zero-order valence-electron chi connectivity index (χ0n) is 27.0. The number of rotatable bonds is 3. The van der Waals surface area contributed by atoms with Crippen molar-refractivity contribution < 1.29 is 24.5 Å². The van der Waals surface area contributed by atoms with Gasteiger partial charge in [0, 0.05) is 56.2 Å². The van der Waals surface area contributed by atoms with Crippen LogP contribution < -0.4 is 0 Å². The number of fused-ring (bicyclic) bond motifs is 4. The fourth-order valence-corrected chi connectivity index (χ4v) is 5.67. The van der Waals surface area contributed by atoms with E-state index in [-0.39, 0.29) is 20.1 Å². The van der Waals surface area contributed by atoms with E-state index in [0.29, 0.717) is 0 Å². The average Bonchev–Trinajstić information content (AvgIpc) is 3.56. The number of hydrogen-bond donors (Lipinski definition) is 0. The smallest absolute Gasteiger partial charge is 0.0847 e. The van der Waals surface area contributed by atoms with E-state index < -0.39 is 0 Å². The molecule has 0 amide bonds. The Labute approximate surface area is 288 Å². The SMILES string of the molecule is Cc1c[c-]c(-c2cc(C)c(C)cn2)cc1C.Cc1ccc2cc(-c3ccnc(-c4[c-]c5ccoc5c5ncccc45)c3)ccc2c1.[Ir]. The molecule has 4 aromatic heterocycles. The van der Waals surface area contributed by atoms with Crippen molar-refractivity contribution in [3.8, 4) is 33.6 Å². The molecule has 0 bridgehead atoms. The molecule has 0 saturated carbocycles. The summed E-state index contributed by atoms with van der Waals surface area (Å²) in [4.78, 5) is 13.7. The normalized spacial score (nSPS) is 10.9. The Balaban J connectivity index is 0.000000194. The maximum absolute atomic E-state index is 5.65. The van der Waals surface area contributed by atoms with Crippen LogP contribution in [0.3, 0.4) is 0 Å². The third kappa shape index (κ3) is 6.51. The number of benzene rings is 4. The summed E-state index contributed by atoms with van der Waals surface area (Å²) in [5, 5.41) is 4.38. The summed E-state index contributed by atoms with van der Waals surface area (Å²) in [6, 6.07) is 36.3. The number of aryl methyl sites for hydroxylation is 5. The number of aromatic nitrogens is 3. The van der Waals surface area contributed by atoms with Crippen LogP contribution in [0.15, 0.2) is 114 Å². The Hall–Kier alpha value is -4.96. The quantitative estimate of drug-likeness (QED) is 0.167. The summed E-state index contributed by atoms with van der Waals surface area (Å²) >= 11 is 0. The van der Waals surface area contributed by atoms with E-state index in [4.69, 9.17) is 4.42 Å². The van der Waals surface area contributed by atoms with Crippen molar-refractivity contribution in [2.75, 3.05) is 0 Å². The van der Waals surface area contributed by atoms with Gasteiger partial charge in [0.1, 0.15) is 0 Å². The van der Waals surface area contributed by atoms with Crippen molar-refractivity contribution in [1.82, 2.24) is 15.0 Å². The molecular formula is C42H33IrN3O-2. The van der Waals surface area contributed by atoms with Crippen LogP contribution in [-0.4, -0.2) is 15.0 Å². The van der Waals surface area contributed by atoms with Gasteiger partial charge in [0.15, 0.2) is 0 Å². The topological polar surface area (TPSA) is 51.8 Å². The number of nitrogens with zero attached hydrogens (tertiary/aromatic N) is 3. The van der Waals surface area contributed by atoms with Crippen LogP contribution in [0.1, 0.15) is 27.8 Å². The van der Waals surface area contributed by atoms with Crippen molar-refractivity contribution in [1.29, 1.82) is 0 Å². The molecule has 8 aromatic rings. The van der Waals surface area contributed by atoms with Gasteiger partial charge in [0.2, 0.25) is 0 Å². The third-order valence-corrected chi connectivity index (χ3v) is 8.64. The summed E-state index contributed by atoms with van der Waals surface area (Å²) in [5.41, 5.74) is 14.1. The molecule has 47 heavy (non-hydrogen) atoms. The summed E-state index contributed by atoms with van der Waals surface area (Å²) < 4.78 is 5.65. The molecule has 0 aliphatic rings. The van der Waals surface area contributed by atoms with Gasteiger partial charge in [-0.15, -0.1) is 41.0 Å². The molecule has 8 rings (SSSR count). The van der Waals surface area contributed by atoms with Gasteiger partial charge >= 0.3 is 0 Å². The van der Waals surface area contributed by atoms with Gasteiger partial charge in [-0.05, 0) is 66.1 Å². The van der Waals surface area contributed by atoms with Crippen LogP contribution in [0.25, 0.3) is 66.3 Å². The molecule has 1 radical (unpaired) electrons. The maximum Gasteiger partial charge on any atom is 0.0847 e. The Morgan fingerprint density at radius 2 is 1.43 bits per heavy atom. The monoisotopic (exact) mass is 788 g/mol. The van der Waals surface area contributed by atoms with Gasteiger partial charge in [-0.3, -0.25) is 9.97 Å². The third-order valence-electron chi connectivity index (χ3n) is 8.64. The Morgan fingerprint density at radius 1 is 0.638 bits per heavy atom. The molecule has 4 aromatic carbocycles. The predicted octanol–water partition coefficient (Wildman–Crippen LogP) is 10.8. The number of pyridine rings is 3. The van der Waals surface area contributed by atoms with Gasteiger partial charge < -0.3 is 9.40 Å². The van der Waals surface area contributed by atoms with E-state index in [1.807, 2.05) is 36.7 Å². The fraction of sp³-hybridized carbons (Fsp3) is 0.119. The summed E-state index contributed by atoms with van der Waals surface area (Å²) in [5.74, 6) is 0.